The summed E-state index contributed by atoms with van der Waals surface area (Å²) in [6.07, 6.45) is 13.0. The molecule has 0 aliphatic heterocycles. The van der Waals surface area contributed by atoms with Crippen LogP contribution in [0.15, 0.2) is 12.3 Å². The van der Waals surface area contributed by atoms with Gasteiger partial charge in [0.05, 0.1) is 23.4 Å². The van der Waals surface area contributed by atoms with Crippen molar-refractivity contribution in [3.8, 4) is 0 Å². The SMILES string of the molecule is COC1(C(O)Cc2ccn(C3CCCCC3)n2)CCCC1. The third-order valence-electron chi connectivity index (χ3n) is 5.48. The van der Waals surface area contributed by atoms with Gasteiger partial charge in [-0.3, -0.25) is 4.68 Å². The van der Waals surface area contributed by atoms with Crippen LogP contribution in [-0.4, -0.2) is 33.7 Å². The molecule has 0 bridgehead atoms. The summed E-state index contributed by atoms with van der Waals surface area (Å²) in [5.41, 5.74) is 0.658. The molecule has 2 aliphatic rings. The normalized spacial score (nSPS) is 24.3. The van der Waals surface area contributed by atoms with Crippen LogP contribution in [-0.2, 0) is 11.2 Å². The number of hydrogen-bond donors (Lipinski definition) is 1. The number of aliphatic hydroxyl groups is 1. The molecule has 0 spiro atoms. The zero-order valence-electron chi connectivity index (χ0n) is 13.1. The molecular weight excluding hydrogens is 264 g/mol. The second-order valence-electron chi connectivity index (χ2n) is 6.77. The highest BCUT2D eigenvalue weighted by Crippen LogP contribution is 2.36. The summed E-state index contributed by atoms with van der Waals surface area (Å²) in [5.74, 6) is 0. The van der Waals surface area contributed by atoms with E-state index in [2.05, 4.69) is 16.9 Å². The van der Waals surface area contributed by atoms with E-state index in [0.29, 0.717) is 12.5 Å². The van der Waals surface area contributed by atoms with Gasteiger partial charge in [-0.25, -0.2) is 0 Å². The van der Waals surface area contributed by atoms with E-state index in [9.17, 15) is 5.11 Å². The van der Waals surface area contributed by atoms with Crippen molar-refractivity contribution >= 4 is 0 Å². The van der Waals surface area contributed by atoms with Crippen LogP contribution in [0.3, 0.4) is 0 Å². The van der Waals surface area contributed by atoms with Crippen LogP contribution in [0.5, 0.6) is 0 Å². The van der Waals surface area contributed by atoms with Crippen LogP contribution < -0.4 is 0 Å². The molecule has 0 aromatic carbocycles. The van der Waals surface area contributed by atoms with Crippen molar-refractivity contribution < 1.29 is 9.84 Å². The monoisotopic (exact) mass is 292 g/mol. The molecule has 2 saturated carbocycles. The van der Waals surface area contributed by atoms with E-state index >= 15 is 0 Å². The van der Waals surface area contributed by atoms with Crippen molar-refractivity contribution in [3.63, 3.8) is 0 Å². The van der Waals surface area contributed by atoms with Crippen molar-refractivity contribution in [1.82, 2.24) is 9.78 Å². The van der Waals surface area contributed by atoms with Gasteiger partial charge < -0.3 is 9.84 Å². The predicted octanol–water partition coefficient (Wildman–Crippen LogP) is 3.25. The maximum atomic E-state index is 10.6. The molecule has 1 atom stereocenters. The number of nitrogens with zero attached hydrogens (tertiary/aromatic N) is 2. The third kappa shape index (κ3) is 3.16. The Morgan fingerprint density at radius 2 is 2.00 bits per heavy atom. The Labute approximate surface area is 127 Å². The average molecular weight is 292 g/mol. The van der Waals surface area contributed by atoms with Gasteiger partial charge in [0.15, 0.2) is 0 Å². The predicted molar refractivity (Wildman–Crippen MR) is 82.3 cm³/mol. The quantitative estimate of drug-likeness (QED) is 0.906. The van der Waals surface area contributed by atoms with Crippen LogP contribution in [0, 0.1) is 0 Å². The summed E-state index contributed by atoms with van der Waals surface area (Å²) in [7, 11) is 1.73. The van der Waals surface area contributed by atoms with E-state index in [4.69, 9.17) is 9.84 Å². The summed E-state index contributed by atoms with van der Waals surface area (Å²) >= 11 is 0. The molecular formula is C17H28N2O2. The van der Waals surface area contributed by atoms with E-state index in [1.165, 1.54) is 32.1 Å². The number of rotatable bonds is 5. The Kier molecular flexibility index (Phi) is 4.65. The summed E-state index contributed by atoms with van der Waals surface area (Å²) in [6.45, 7) is 0. The summed E-state index contributed by atoms with van der Waals surface area (Å²) < 4.78 is 7.79. The molecule has 4 heteroatoms. The number of aliphatic hydroxyl groups excluding tert-OH is 1. The Bertz CT molecular complexity index is 445. The Hall–Kier alpha value is -0.870. The first-order valence-electron chi connectivity index (χ1n) is 8.51. The van der Waals surface area contributed by atoms with Crippen LogP contribution in [0.25, 0.3) is 0 Å². The zero-order valence-corrected chi connectivity index (χ0v) is 13.1. The molecule has 4 nitrogen and oxygen atoms in total. The molecule has 3 rings (SSSR count). The molecule has 1 heterocycles. The van der Waals surface area contributed by atoms with Crippen LogP contribution in [0.4, 0.5) is 0 Å². The van der Waals surface area contributed by atoms with Gasteiger partial charge >= 0.3 is 0 Å². The van der Waals surface area contributed by atoms with Crippen molar-refractivity contribution in [2.75, 3.05) is 7.11 Å². The molecule has 1 aromatic heterocycles. The van der Waals surface area contributed by atoms with Gasteiger partial charge in [-0.05, 0) is 31.7 Å². The number of ether oxygens (including phenoxy) is 1. The molecule has 118 valence electrons. The highest BCUT2D eigenvalue weighted by atomic mass is 16.5. The van der Waals surface area contributed by atoms with Gasteiger partial charge in [0.1, 0.15) is 0 Å². The smallest absolute Gasteiger partial charge is 0.0940 e. The number of aromatic nitrogens is 2. The van der Waals surface area contributed by atoms with E-state index < -0.39 is 6.10 Å². The zero-order chi connectivity index (χ0) is 14.7. The summed E-state index contributed by atoms with van der Waals surface area (Å²) in [5, 5.41) is 15.3. The van der Waals surface area contributed by atoms with Crippen LogP contribution >= 0.6 is 0 Å². The van der Waals surface area contributed by atoms with Crippen molar-refractivity contribution in [1.29, 1.82) is 0 Å². The van der Waals surface area contributed by atoms with E-state index in [1.54, 1.807) is 7.11 Å². The molecule has 1 N–H and O–H groups in total. The highest BCUT2D eigenvalue weighted by molar-refractivity contribution is 5.05. The molecule has 0 amide bonds. The van der Waals surface area contributed by atoms with Crippen molar-refractivity contribution in [2.24, 2.45) is 0 Å². The Morgan fingerprint density at radius 3 is 2.67 bits per heavy atom. The summed E-state index contributed by atoms with van der Waals surface area (Å²) in [6, 6.07) is 2.63. The minimum atomic E-state index is -0.445. The highest BCUT2D eigenvalue weighted by Gasteiger charge is 2.41. The second-order valence-corrected chi connectivity index (χ2v) is 6.77. The fraction of sp³-hybridized carbons (Fsp3) is 0.824. The first-order valence-corrected chi connectivity index (χ1v) is 8.51. The third-order valence-corrected chi connectivity index (χ3v) is 5.48. The van der Waals surface area contributed by atoms with E-state index in [-0.39, 0.29) is 5.60 Å². The van der Waals surface area contributed by atoms with Gasteiger partial charge in [-0.1, -0.05) is 32.1 Å². The maximum absolute atomic E-state index is 10.6. The van der Waals surface area contributed by atoms with Crippen LogP contribution in [0.1, 0.15) is 69.5 Å². The largest absolute Gasteiger partial charge is 0.390 e. The lowest BCUT2D eigenvalue weighted by molar-refractivity contribution is -0.0974. The van der Waals surface area contributed by atoms with Crippen LogP contribution in [0.2, 0.25) is 0 Å². The maximum Gasteiger partial charge on any atom is 0.0940 e. The standard InChI is InChI=1S/C17H28N2O2/c1-21-17(10-5-6-11-17)16(20)13-14-9-12-19(18-14)15-7-3-2-4-8-15/h9,12,15-16,20H,2-8,10-11,13H2,1H3. The number of methoxy groups -OCH3 is 1. The molecule has 2 fully saturated rings. The number of hydrogen-bond acceptors (Lipinski definition) is 3. The topological polar surface area (TPSA) is 47.3 Å². The van der Waals surface area contributed by atoms with E-state index in [0.717, 1.165) is 31.4 Å². The van der Waals surface area contributed by atoms with Crippen molar-refractivity contribution in [3.05, 3.63) is 18.0 Å². The molecule has 1 aromatic rings. The van der Waals surface area contributed by atoms with Gasteiger partial charge in [-0.2, -0.15) is 5.10 Å². The minimum absolute atomic E-state index is 0.339. The Morgan fingerprint density at radius 1 is 1.29 bits per heavy atom. The average Bonchev–Trinajstić information content (AvgIpc) is 3.18. The second kappa shape index (κ2) is 6.49. The lowest BCUT2D eigenvalue weighted by Crippen LogP contribution is -2.43. The van der Waals surface area contributed by atoms with Gasteiger partial charge in [-0.15, -0.1) is 0 Å². The molecule has 0 saturated heterocycles. The van der Waals surface area contributed by atoms with Gasteiger partial charge in [0.25, 0.3) is 0 Å². The first kappa shape index (κ1) is 15.0. The summed E-state index contributed by atoms with van der Waals surface area (Å²) in [4.78, 5) is 0. The van der Waals surface area contributed by atoms with Gasteiger partial charge in [0, 0.05) is 19.7 Å². The fourth-order valence-electron chi connectivity index (χ4n) is 4.07. The lowest BCUT2D eigenvalue weighted by atomic mass is 9.91. The van der Waals surface area contributed by atoms with Gasteiger partial charge in [0.2, 0.25) is 0 Å². The molecule has 1 unspecified atom stereocenters. The fourth-order valence-corrected chi connectivity index (χ4v) is 4.07. The molecule has 21 heavy (non-hydrogen) atoms. The molecule has 0 radical (unpaired) electrons. The van der Waals surface area contributed by atoms with Crippen molar-refractivity contribution in [2.45, 2.75) is 82.0 Å². The van der Waals surface area contributed by atoms with E-state index in [1.807, 2.05) is 0 Å². The molecule has 2 aliphatic carbocycles. The Balaban J connectivity index is 1.63. The minimum Gasteiger partial charge on any atom is -0.390 e. The first-order chi connectivity index (χ1) is 10.2. The lowest BCUT2D eigenvalue weighted by Gasteiger charge is -2.32.